The fourth-order valence-electron chi connectivity index (χ4n) is 5.40. The maximum atomic E-state index is 13.1. The van der Waals surface area contributed by atoms with Crippen molar-refractivity contribution in [2.24, 2.45) is 5.92 Å². The number of nitrogens with one attached hydrogen (secondary N) is 2. The van der Waals surface area contributed by atoms with Crippen LogP contribution in [-0.4, -0.2) is 39.3 Å². The minimum absolute atomic E-state index is 0.120. The summed E-state index contributed by atoms with van der Waals surface area (Å²) in [4.78, 5) is 36.5. The van der Waals surface area contributed by atoms with Crippen LogP contribution in [0.1, 0.15) is 41.6 Å². The Kier molecular flexibility index (Phi) is 5.21. The van der Waals surface area contributed by atoms with E-state index in [2.05, 4.69) is 20.5 Å². The summed E-state index contributed by atoms with van der Waals surface area (Å²) in [5.41, 5.74) is 4.37. The molecule has 3 aliphatic rings. The number of hydrogen-bond acceptors (Lipinski definition) is 5. The van der Waals surface area contributed by atoms with Gasteiger partial charge in [0.2, 0.25) is 11.9 Å². The molecular weight excluding hydrogens is 450 g/mol. The number of benzene rings is 2. The van der Waals surface area contributed by atoms with Crippen molar-refractivity contribution in [3.63, 3.8) is 0 Å². The summed E-state index contributed by atoms with van der Waals surface area (Å²) in [6.45, 7) is 0.885. The van der Waals surface area contributed by atoms with Crippen molar-refractivity contribution >= 4 is 40.7 Å². The van der Waals surface area contributed by atoms with Crippen molar-refractivity contribution in [3.8, 4) is 11.3 Å². The number of rotatable bonds is 3. The molecule has 2 N–H and O–H groups in total. The van der Waals surface area contributed by atoms with Crippen LogP contribution >= 0.6 is 11.6 Å². The summed E-state index contributed by atoms with van der Waals surface area (Å²) in [7, 11) is 0. The van der Waals surface area contributed by atoms with Crippen LogP contribution in [0.3, 0.4) is 0 Å². The molecule has 1 saturated heterocycles. The van der Waals surface area contributed by atoms with Crippen LogP contribution in [-0.2, 0) is 11.2 Å². The molecule has 0 radical (unpaired) electrons. The molecule has 2 atom stereocenters. The highest BCUT2D eigenvalue weighted by molar-refractivity contribution is 6.31. The van der Waals surface area contributed by atoms with Crippen molar-refractivity contribution in [2.75, 3.05) is 17.2 Å². The van der Waals surface area contributed by atoms with Gasteiger partial charge >= 0.3 is 0 Å². The van der Waals surface area contributed by atoms with Crippen molar-refractivity contribution < 1.29 is 9.59 Å². The van der Waals surface area contributed by atoms with E-state index in [4.69, 9.17) is 16.6 Å². The van der Waals surface area contributed by atoms with Crippen LogP contribution in [0.15, 0.2) is 48.7 Å². The molecule has 1 aliphatic carbocycles. The zero-order valence-electron chi connectivity index (χ0n) is 18.6. The van der Waals surface area contributed by atoms with Crippen LogP contribution in [0.4, 0.5) is 17.3 Å². The lowest BCUT2D eigenvalue weighted by Gasteiger charge is -2.24. The molecule has 8 heteroatoms. The molecule has 34 heavy (non-hydrogen) atoms. The van der Waals surface area contributed by atoms with Gasteiger partial charge in [-0.1, -0.05) is 18.0 Å². The number of anilines is 3. The number of nitrogens with zero attached hydrogens (tertiary/aromatic N) is 3. The summed E-state index contributed by atoms with van der Waals surface area (Å²) in [5, 5.41) is 6.65. The normalized spacial score (nSPS) is 20.7. The van der Waals surface area contributed by atoms with Crippen LogP contribution in [0.25, 0.3) is 11.3 Å². The standard InChI is InChI=1S/C26H24ClN5O2/c27-18-6-9-21-22(12-18)30-23(33)11-17-13-28-26(31-24(17)21)29-19-7-4-16(5-8-19)25(34)32-14-15-2-1-3-20(32)10-15/h4-9,12-13,15,20H,1-3,10-11,14H2,(H,30,33)(H,28,29,31). The summed E-state index contributed by atoms with van der Waals surface area (Å²) in [6, 6.07) is 13.2. The van der Waals surface area contributed by atoms with E-state index < -0.39 is 0 Å². The maximum Gasteiger partial charge on any atom is 0.254 e. The summed E-state index contributed by atoms with van der Waals surface area (Å²) in [5.74, 6) is 1.07. The molecule has 3 aromatic rings. The van der Waals surface area contributed by atoms with E-state index in [0.717, 1.165) is 36.2 Å². The fourth-order valence-corrected chi connectivity index (χ4v) is 5.57. The third-order valence-electron chi connectivity index (χ3n) is 7.03. The average molecular weight is 474 g/mol. The Morgan fingerprint density at radius 2 is 2.00 bits per heavy atom. The van der Waals surface area contributed by atoms with Crippen molar-refractivity contribution in [2.45, 2.75) is 38.1 Å². The van der Waals surface area contributed by atoms with E-state index in [1.165, 1.54) is 12.8 Å². The van der Waals surface area contributed by atoms with Crippen LogP contribution in [0, 0.1) is 5.92 Å². The number of halogens is 1. The minimum Gasteiger partial charge on any atom is -0.335 e. The molecule has 172 valence electrons. The monoisotopic (exact) mass is 473 g/mol. The highest BCUT2D eigenvalue weighted by Gasteiger charge is 2.37. The molecule has 2 aromatic carbocycles. The number of amides is 2. The average Bonchev–Trinajstić information content (AvgIpc) is 3.04. The van der Waals surface area contributed by atoms with Gasteiger partial charge in [-0.2, -0.15) is 0 Å². The van der Waals surface area contributed by atoms with Gasteiger partial charge in [-0.3, -0.25) is 9.59 Å². The first-order chi connectivity index (χ1) is 16.5. The molecule has 3 heterocycles. The zero-order valence-corrected chi connectivity index (χ0v) is 19.3. The maximum absolute atomic E-state index is 13.1. The zero-order chi connectivity index (χ0) is 23.2. The lowest BCUT2D eigenvalue weighted by Crippen LogP contribution is -2.35. The smallest absolute Gasteiger partial charge is 0.254 e. The number of fused-ring (bicyclic) bond motifs is 5. The molecule has 2 unspecified atom stereocenters. The first kappa shape index (κ1) is 21.1. The largest absolute Gasteiger partial charge is 0.335 e. The predicted octanol–water partition coefficient (Wildman–Crippen LogP) is 5.05. The molecule has 2 amide bonds. The Bertz CT molecular complexity index is 1290. The lowest BCUT2D eigenvalue weighted by atomic mass is 9.90. The van der Waals surface area contributed by atoms with Gasteiger partial charge in [-0.25, -0.2) is 9.97 Å². The third kappa shape index (κ3) is 3.90. The molecule has 1 saturated carbocycles. The number of likely N-dealkylation sites (tertiary alicyclic amines) is 1. The van der Waals surface area contributed by atoms with Gasteiger partial charge in [0.25, 0.3) is 5.91 Å². The second-order valence-electron chi connectivity index (χ2n) is 9.33. The Balaban J connectivity index is 1.23. The summed E-state index contributed by atoms with van der Waals surface area (Å²) < 4.78 is 0. The number of hydrogen-bond donors (Lipinski definition) is 2. The highest BCUT2D eigenvalue weighted by atomic mass is 35.5. The highest BCUT2D eigenvalue weighted by Crippen LogP contribution is 2.37. The van der Waals surface area contributed by atoms with E-state index in [9.17, 15) is 9.59 Å². The summed E-state index contributed by atoms with van der Waals surface area (Å²) in [6.07, 6.45) is 6.61. The Labute approximate surface area is 202 Å². The quantitative estimate of drug-likeness (QED) is 0.555. The van der Waals surface area contributed by atoms with Gasteiger partial charge in [0, 0.05) is 46.2 Å². The van der Waals surface area contributed by atoms with Crippen LogP contribution in [0.5, 0.6) is 0 Å². The van der Waals surface area contributed by atoms with E-state index >= 15 is 0 Å². The molecule has 2 bridgehead atoms. The van der Waals surface area contributed by atoms with E-state index in [1.807, 2.05) is 30.3 Å². The predicted molar refractivity (Wildman–Crippen MR) is 131 cm³/mol. The van der Waals surface area contributed by atoms with Gasteiger partial charge in [-0.05, 0) is 67.6 Å². The van der Waals surface area contributed by atoms with Gasteiger partial charge in [0.05, 0.1) is 17.8 Å². The molecular formula is C26H24ClN5O2. The topological polar surface area (TPSA) is 87.2 Å². The molecule has 0 spiro atoms. The third-order valence-corrected chi connectivity index (χ3v) is 7.26. The molecule has 2 aliphatic heterocycles. The SMILES string of the molecule is O=C1Cc2cnc(Nc3ccc(C(=O)N4CC5CCCC4C5)cc3)nc2-c2ccc(Cl)cc2N1. The van der Waals surface area contributed by atoms with Gasteiger partial charge < -0.3 is 15.5 Å². The van der Waals surface area contributed by atoms with Crippen molar-refractivity contribution in [1.82, 2.24) is 14.9 Å². The van der Waals surface area contributed by atoms with E-state index in [1.54, 1.807) is 18.3 Å². The Morgan fingerprint density at radius 3 is 2.82 bits per heavy atom. The first-order valence-electron chi connectivity index (χ1n) is 11.7. The van der Waals surface area contributed by atoms with Crippen LogP contribution in [0.2, 0.25) is 5.02 Å². The van der Waals surface area contributed by atoms with Gasteiger partial charge in [0.15, 0.2) is 0 Å². The van der Waals surface area contributed by atoms with Crippen molar-refractivity contribution in [1.29, 1.82) is 0 Å². The number of aromatic nitrogens is 2. The number of carbonyl (C=O) groups excluding carboxylic acids is 2. The van der Waals surface area contributed by atoms with Gasteiger partial charge in [-0.15, -0.1) is 0 Å². The van der Waals surface area contributed by atoms with Crippen LogP contribution < -0.4 is 10.6 Å². The fraction of sp³-hybridized carbons (Fsp3) is 0.308. The Hall–Kier alpha value is -3.45. The number of carbonyl (C=O) groups is 2. The second kappa shape index (κ2) is 8.40. The molecule has 1 aromatic heterocycles. The first-order valence-corrected chi connectivity index (χ1v) is 12.0. The molecule has 7 nitrogen and oxygen atoms in total. The van der Waals surface area contributed by atoms with Crippen molar-refractivity contribution in [3.05, 3.63) is 64.8 Å². The molecule has 6 rings (SSSR count). The lowest BCUT2D eigenvalue weighted by molar-refractivity contribution is -0.115. The minimum atomic E-state index is -0.131. The van der Waals surface area contributed by atoms with E-state index in [-0.39, 0.29) is 18.2 Å². The van der Waals surface area contributed by atoms with E-state index in [0.29, 0.717) is 39.9 Å². The Morgan fingerprint density at radius 1 is 1.15 bits per heavy atom. The molecule has 2 fully saturated rings. The summed E-state index contributed by atoms with van der Waals surface area (Å²) >= 11 is 6.12. The second-order valence-corrected chi connectivity index (χ2v) is 9.77. The van der Waals surface area contributed by atoms with Gasteiger partial charge in [0.1, 0.15) is 0 Å².